The van der Waals surface area contributed by atoms with E-state index in [0.717, 1.165) is 17.0 Å². The molecule has 0 saturated carbocycles. The minimum atomic E-state index is -0.329. The average molecular weight is 370 g/mol. The van der Waals surface area contributed by atoms with E-state index in [4.69, 9.17) is 10.5 Å². The SMILES string of the molecule is N#CCCn1c(Cc2ccnn2-c2cccc(F)c2)nc2cc(C#N)ccc21. The van der Waals surface area contributed by atoms with Gasteiger partial charge in [-0.3, -0.25) is 0 Å². The highest BCUT2D eigenvalue weighted by molar-refractivity contribution is 5.77. The molecule has 0 atom stereocenters. The van der Waals surface area contributed by atoms with Crippen LogP contribution in [0.1, 0.15) is 23.5 Å². The summed E-state index contributed by atoms with van der Waals surface area (Å²) in [7, 11) is 0. The van der Waals surface area contributed by atoms with Crippen molar-refractivity contribution < 1.29 is 4.39 Å². The number of aromatic nitrogens is 4. The van der Waals surface area contributed by atoms with Gasteiger partial charge in [0.1, 0.15) is 11.6 Å². The molecule has 0 aliphatic rings. The number of nitrogens with zero attached hydrogens (tertiary/aromatic N) is 6. The largest absolute Gasteiger partial charge is 0.327 e. The monoisotopic (exact) mass is 370 g/mol. The minimum absolute atomic E-state index is 0.329. The van der Waals surface area contributed by atoms with E-state index < -0.39 is 0 Å². The molecule has 2 aromatic heterocycles. The fourth-order valence-corrected chi connectivity index (χ4v) is 3.26. The zero-order valence-corrected chi connectivity index (χ0v) is 14.9. The standard InChI is InChI=1S/C21H15FN6/c22-16-3-1-4-17(12-16)28-18(7-9-25-28)13-21-26-19-11-15(14-24)5-6-20(19)27(21)10-2-8-23/h1,3-7,9,11-12H,2,10,13H2. The Balaban J connectivity index is 1.77. The second-order valence-electron chi connectivity index (χ2n) is 6.29. The van der Waals surface area contributed by atoms with Gasteiger partial charge in [-0.1, -0.05) is 6.07 Å². The van der Waals surface area contributed by atoms with E-state index in [2.05, 4.69) is 22.2 Å². The fraction of sp³-hybridized carbons (Fsp3) is 0.143. The van der Waals surface area contributed by atoms with E-state index in [1.165, 1.54) is 12.1 Å². The van der Waals surface area contributed by atoms with Crippen LogP contribution >= 0.6 is 0 Å². The summed E-state index contributed by atoms with van der Waals surface area (Å²) in [6, 6.07) is 17.7. The van der Waals surface area contributed by atoms with Crippen molar-refractivity contribution in [1.29, 1.82) is 10.5 Å². The molecule has 0 bridgehead atoms. The molecule has 0 spiro atoms. The van der Waals surface area contributed by atoms with Crippen LogP contribution < -0.4 is 0 Å². The van der Waals surface area contributed by atoms with Gasteiger partial charge in [0.25, 0.3) is 0 Å². The Morgan fingerprint density at radius 2 is 1.96 bits per heavy atom. The summed E-state index contributed by atoms with van der Waals surface area (Å²) in [6.07, 6.45) is 2.47. The topological polar surface area (TPSA) is 83.2 Å². The zero-order valence-electron chi connectivity index (χ0n) is 14.9. The van der Waals surface area contributed by atoms with Gasteiger partial charge in [0.2, 0.25) is 0 Å². The van der Waals surface area contributed by atoms with Crippen LogP contribution in [-0.4, -0.2) is 19.3 Å². The molecule has 4 aromatic rings. The minimum Gasteiger partial charge on any atom is -0.327 e. The van der Waals surface area contributed by atoms with Crippen molar-refractivity contribution in [2.75, 3.05) is 0 Å². The van der Waals surface area contributed by atoms with Crippen molar-refractivity contribution in [3.05, 3.63) is 77.6 Å². The van der Waals surface area contributed by atoms with Gasteiger partial charge in [-0.2, -0.15) is 15.6 Å². The molecule has 2 aromatic carbocycles. The molecule has 0 amide bonds. The van der Waals surface area contributed by atoms with Crippen LogP contribution in [0.3, 0.4) is 0 Å². The number of hydrogen-bond acceptors (Lipinski definition) is 4. The lowest BCUT2D eigenvalue weighted by molar-refractivity contribution is 0.624. The molecule has 2 heterocycles. The third-order valence-electron chi connectivity index (χ3n) is 4.52. The Labute approximate surface area is 160 Å². The maximum absolute atomic E-state index is 13.6. The Kier molecular flexibility index (Phi) is 4.57. The van der Waals surface area contributed by atoms with Gasteiger partial charge in [-0.05, 0) is 42.5 Å². The molecule has 0 aliphatic carbocycles. The Hall–Kier alpha value is -3.97. The number of benzene rings is 2. The highest BCUT2D eigenvalue weighted by Crippen LogP contribution is 2.22. The lowest BCUT2D eigenvalue weighted by Gasteiger charge is -2.10. The van der Waals surface area contributed by atoms with Crippen LogP contribution in [0.4, 0.5) is 4.39 Å². The summed E-state index contributed by atoms with van der Waals surface area (Å²) in [4.78, 5) is 4.69. The summed E-state index contributed by atoms with van der Waals surface area (Å²) in [5.41, 5.74) is 3.60. The summed E-state index contributed by atoms with van der Waals surface area (Å²) in [6.45, 7) is 0.502. The van der Waals surface area contributed by atoms with E-state index >= 15 is 0 Å². The number of hydrogen-bond donors (Lipinski definition) is 0. The van der Waals surface area contributed by atoms with E-state index in [-0.39, 0.29) is 5.82 Å². The van der Waals surface area contributed by atoms with Crippen molar-refractivity contribution in [2.24, 2.45) is 0 Å². The van der Waals surface area contributed by atoms with Gasteiger partial charge < -0.3 is 4.57 Å². The Morgan fingerprint density at radius 1 is 1.07 bits per heavy atom. The van der Waals surface area contributed by atoms with Crippen LogP contribution in [0, 0.1) is 28.5 Å². The predicted octanol–water partition coefficient (Wildman–Crippen LogP) is 3.74. The molecular formula is C21H15FN6. The van der Waals surface area contributed by atoms with Crippen LogP contribution in [0.25, 0.3) is 16.7 Å². The van der Waals surface area contributed by atoms with Crippen molar-refractivity contribution >= 4 is 11.0 Å². The number of fused-ring (bicyclic) bond motifs is 1. The number of aryl methyl sites for hydroxylation is 1. The van der Waals surface area contributed by atoms with Gasteiger partial charge in [0.15, 0.2) is 0 Å². The van der Waals surface area contributed by atoms with Gasteiger partial charge in [0, 0.05) is 19.2 Å². The maximum Gasteiger partial charge on any atom is 0.125 e. The van der Waals surface area contributed by atoms with Crippen molar-refractivity contribution in [1.82, 2.24) is 19.3 Å². The van der Waals surface area contributed by atoms with Crippen molar-refractivity contribution in [3.8, 4) is 17.8 Å². The first kappa shape index (κ1) is 17.4. The predicted molar refractivity (Wildman–Crippen MR) is 101 cm³/mol. The van der Waals surface area contributed by atoms with Crippen molar-refractivity contribution in [2.45, 2.75) is 19.4 Å². The number of rotatable bonds is 5. The average Bonchev–Trinajstić information content (AvgIpc) is 3.30. The number of halogens is 1. The zero-order chi connectivity index (χ0) is 19.5. The van der Waals surface area contributed by atoms with Gasteiger partial charge in [-0.25, -0.2) is 14.1 Å². The molecule has 0 fully saturated rings. The smallest absolute Gasteiger partial charge is 0.125 e. The normalized spacial score (nSPS) is 10.7. The van der Waals surface area contributed by atoms with E-state index in [1.807, 2.05) is 16.7 Å². The second kappa shape index (κ2) is 7.34. The lowest BCUT2D eigenvalue weighted by Crippen LogP contribution is -2.08. The third kappa shape index (κ3) is 3.22. The molecule has 0 unspecified atom stereocenters. The molecule has 7 heteroatoms. The highest BCUT2D eigenvalue weighted by Gasteiger charge is 2.15. The molecule has 4 rings (SSSR count). The van der Waals surface area contributed by atoms with E-state index in [0.29, 0.717) is 36.2 Å². The first-order valence-corrected chi connectivity index (χ1v) is 8.74. The first-order valence-electron chi connectivity index (χ1n) is 8.74. The maximum atomic E-state index is 13.6. The molecule has 0 aliphatic heterocycles. The lowest BCUT2D eigenvalue weighted by atomic mass is 10.2. The van der Waals surface area contributed by atoms with Gasteiger partial charge >= 0.3 is 0 Å². The molecular weight excluding hydrogens is 355 g/mol. The summed E-state index contributed by atoms with van der Waals surface area (Å²) >= 11 is 0. The summed E-state index contributed by atoms with van der Waals surface area (Å²) in [5.74, 6) is 0.433. The van der Waals surface area contributed by atoms with E-state index in [9.17, 15) is 4.39 Å². The number of nitriles is 2. The molecule has 0 N–H and O–H groups in total. The molecule has 0 saturated heterocycles. The van der Waals surface area contributed by atoms with Gasteiger partial charge in [-0.15, -0.1) is 0 Å². The Morgan fingerprint density at radius 3 is 2.75 bits per heavy atom. The highest BCUT2D eigenvalue weighted by atomic mass is 19.1. The van der Waals surface area contributed by atoms with Gasteiger partial charge in [0.05, 0.1) is 46.5 Å². The molecule has 136 valence electrons. The van der Waals surface area contributed by atoms with Crippen LogP contribution in [0.2, 0.25) is 0 Å². The quantitative estimate of drug-likeness (QED) is 0.536. The number of imidazole rings is 1. The van der Waals surface area contributed by atoms with Crippen molar-refractivity contribution in [3.63, 3.8) is 0 Å². The Bertz CT molecular complexity index is 1240. The molecule has 6 nitrogen and oxygen atoms in total. The molecule has 28 heavy (non-hydrogen) atoms. The van der Waals surface area contributed by atoms with Crippen LogP contribution in [-0.2, 0) is 13.0 Å². The summed E-state index contributed by atoms with van der Waals surface area (Å²) in [5, 5.41) is 22.5. The summed E-state index contributed by atoms with van der Waals surface area (Å²) < 4.78 is 17.3. The molecule has 0 radical (unpaired) electrons. The fourth-order valence-electron chi connectivity index (χ4n) is 3.26. The van der Waals surface area contributed by atoms with E-state index in [1.54, 1.807) is 35.1 Å². The second-order valence-corrected chi connectivity index (χ2v) is 6.29. The third-order valence-corrected chi connectivity index (χ3v) is 4.52. The van der Waals surface area contributed by atoms with Crippen LogP contribution in [0.5, 0.6) is 0 Å². The first-order chi connectivity index (χ1) is 13.7. The van der Waals surface area contributed by atoms with Crippen LogP contribution in [0.15, 0.2) is 54.7 Å².